The average Bonchev–Trinajstić information content (AvgIpc) is 3.29. The van der Waals surface area contributed by atoms with Gasteiger partial charge in [-0.05, 0) is 43.2 Å². The molecule has 1 aromatic heterocycles. The van der Waals surface area contributed by atoms with Crippen molar-refractivity contribution in [2.75, 3.05) is 32.8 Å². The number of amides is 3. The Morgan fingerprint density at radius 2 is 2.03 bits per heavy atom. The number of alkyl carbamates (subject to hydrolysis) is 1. The van der Waals surface area contributed by atoms with Crippen molar-refractivity contribution >= 4 is 12.1 Å². The number of hydrogen-bond donors (Lipinski definition) is 1. The van der Waals surface area contributed by atoms with Crippen LogP contribution >= 0.6 is 0 Å². The molecule has 1 aliphatic carbocycles. The molecule has 1 saturated carbocycles. The van der Waals surface area contributed by atoms with E-state index in [9.17, 15) is 28.0 Å². The number of pyridine rings is 1. The first kappa shape index (κ1) is 20.8. The summed E-state index contributed by atoms with van der Waals surface area (Å²) in [5, 5.41) is 12.0. The Labute approximate surface area is 182 Å². The molecule has 0 unspecified atom stereocenters. The molecule has 5 rings (SSSR count). The van der Waals surface area contributed by atoms with E-state index in [1.807, 2.05) is 11.0 Å². The second kappa shape index (κ2) is 6.98. The molecule has 3 amide bonds. The highest BCUT2D eigenvalue weighted by Gasteiger charge is 2.55. The zero-order chi connectivity index (χ0) is 22.7. The highest BCUT2D eigenvalue weighted by atomic mass is 19.4. The predicted octanol–water partition coefficient (Wildman–Crippen LogP) is 2.53. The van der Waals surface area contributed by atoms with E-state index in [0.29, 0.717) is 38.2 Å². The van der Waals surface area contributed by atoms with E-state index in [1.54, 1.807) is 4.90 Å². The number of carbonyl (C=O) groups excluding carboxylic acids is 2. The van der Waals surface area contributed by atoms with Gasteiger partial charge in [0.1, 0.15) is 17.8 Å². The summed E-state index contributed by atoms with van der Waals surface area (Å²) < 4.78 is 43.5. The van der Waals surface area contributed by atoms with E-state index in [-0.39, 0.29) is 29.5 Å². The van der Waals surface area contributed by atoms with Gasteiger partial charge in [-0.15, -0.1) is 0 Å². The number of halogens is 3. The van der Waals surface area contributed by atoms with E-state index in [4.69, 9.17) is 4.74 Å². The number of nitriles is 1. The molecule has 170 valence electrons. The minimum Gasteiger partial charge on any atom is -0.447 e. The highest BCUT2D eigenvalue weighted by molar-refractivity contribution is 5.78. The SMILES string of the molecule is N#Cc1cc(C(F)(F)F)ncc1C[C@@H]1CCC2(C1)CN(C(=O)N1CC3(COC(=O)N3)C1)C2. The van der Waals surface area contributed by atoms with Crippen LogP contribution in [0.1, 0.15) is 36.1 Å². The molecule has 3 saturated heterocycles. The van der Waals surface area contributed by atoms with Gasteiger partial charge in [0.05, 0.1) is 24.7 Å². The van der Waals surface area contributed by atoms with Crippen LogP contribution in [0.3, 0.4) is 0 Å². The Kier molecular flexibility index (Phi) is 4.55. The van der Waals surface area contributed by atoms with Crippen molar-refractivity contribution in [1.29, 1.82) is 5.26 Å². The molecular weight excluding hydrogens is 427 g/mol. The number of likely N-dealkylation sites (tertiary alicyclic amines) is 2. The number of urea groups is 1. The summed E-state index contributed by atoms with van der Waals surface area (Å²) in [5.74, 6) is 0.246. The maximum absolute atomic E-state index is 12.9. The summed E-state index contributed by atoms with van der Waals surface area (Å²) in [6.07, 6.45) is -0.603. The maximum atomic E-state index is 12.9. The first-order valence-electron chi connectivity index (χ1n) is 10.6. The van der Waals surface area contributed by atoms with Gasteiger partial charge in [-0.2, -0.15) is 18.4 Å². The van der Waals surface area contributed by atoms with Crippen molar-refractivity contribution in [1.82, 2.24) is 20.1 Å². The topological polar surface area (TPSA) is 98.6 Å². The van der Waals surface area contributed by atoms with Crippen molar-refractivity contribution in [2.24, 2.45) is 11.3 Å². The Morgan fingerprint density at radius 1 is 1.31 bits per heavy atom. The lowest BCUT2D eigenvalue weighted by atomic mass is 9.77. The number of carbonyl (C=O) groups is 2. The molecule has 0 aromatic carbocycles. The van der Waals surface area contributed by atoms with Crippen LogP contribution in [0.15, 0.2) is 12.3 Å². The number of nitrogens with zero attached hydrogens (tertiary/aromatic N) is 4. The minimum absolute atomic E-state index is 0.0217. The van der Waals surface area contributed by atoms with Crippen LogP contribution in [-0.2, 0) is 17.3 Å². The molecule has 4 aliphatic rings. The van der Waals surface area contributed by atoms with Crippen LogP contribution in [0.5, 0.6) is 0 Å². The van der Waals surface area contributed by atoms with Crippen molar-refractivity contribution in [2.45, 2.75) is 37.4 Å². The van der Waals surface area contributed by atoms with Crippen molar-refractivity contribution in [3.05, 3.63) is 29.1 Å². The molecule has 32 heavy (non-hydrogen) atoms. The van der Waals surface area contributed by atoms with E-state index in [0.717, 1.165) is 25.3 Å². The number of ether oxygens (including phenoxy) is 1. The van der Waals surface area contributed by atoms with Crippen LogP contribution in [-0.4, -0.2) is 65.2 Å². The monoisotopic (exact) mass is 449 g/mol. The van der Waals surface area contributed by atoms with Gasteiger partial charge in [0.25, 0.3) is 0 Å². The Hall–Kier alpha value is -3.03. The van der Waals surface area contributed by atoms with Gasteiger partial charge < -0.3 is 19.9 Å². The van der Waals surface area contributed by atoms with Gasteiger partial charge in [0.15, 0.2) is 0 Å². The molecule has 11 heteroatoms. The average molecular weight is 449 g/mol. The normalized spacial score (nSPS) is 25.2. The second-order valence-corrected chi connectivity index (χ2v) is 9.63. The highest BCUT2D eigenvalue weighted by Crippen LogP contribution is 2.49. The maximum Gasteiger partial charge on any atom is 0.433 e. The summed E-state index contributed by atoms with van der Waals surface area (Å²) >= 11 is 0. The fourth-order valence-electron chi connectivity index (χ4n) is 5.59. The molecule has 0 bridgehead atoms. The third-order valence-electron chi connectivity index (χ3n) is 7.14. The van der Waals surface area contributed by atoms with Crippen molar-refractivity contribution < 1.29 is 27.5 Å². The van der Waals surface area contributed by atoms with Crippen LogP contribution < -0.4 is 5.32 Å². The fourth-order valence-corrected chi connectivity index (χ4v) is 5.59. The number of alkyl halides is 3. The summed E-state index contributed by atoms with van der Waals surface area (Å²) in [6, 6.07) is 2.65. The van der Waals surface area contributed by atoms with Crippen molar-refractivity contribution in [3.8, 4) is 6.07 Å². The second-order valence-electron chi connectivity index (χ2n) is 9.63. The molecule has 1 N–H and O–H groups in total. The minimum atomic E-state index is -4.57. The Bertz CT molecular complexity index is 1010. The molecule has 1 atom stereocenters. The lowest BCUT2D eigenvalue weighted by molar-refractivity contribution is -0.141. The number of aromatic nitrogens is 1. The van der Waals surface area contributed by atoms with E-state index in [2.05, 4.69) is 10.3 Å². The molecule has 2 spiro atoms. The molecule has 3 aliphatic heterocycles. The van der Waals surface area contributed by atoms with Gasteiger partial charge in [-0.3, -0.25) is 4.98 Å². The molecular formula is C21H22F3N5O3. The van der Waals surface area contributed by atoms with Gasteiger partial charge in [-0.25, -0.2) is 9.59 Å². The molecule has 4 heterocycles. The van der Waals surface area contributed by atoms with E-state index >= 15 is 0 Å². The van der Waals surface area contributed by atoms with E-state index in [1.165, 1.54) is 6.20 Å². The van der Waals surface area contributed by atoms with Gasteiger partial charge in [-0.1, -0.05) is 0 Å². The quantitative estimate of drug-likeness (QED) is 0.748. The lowest BCUT2D eigenvalue weighted by Gasteiger charge is -2.54. The van der Waals surface area contributed by atoms with Gasteiger partial charge in [0, 0.05) is 24.7 Å². The fraction of sp³-hybridized carbons (Fsp3) is 0.619. The largest absolute Gasteiger partial charge is 0.447 e. The third-order valence-corrected chi connectivity index (χ3v) is 7.14. The zero-order valence-corrected chi connectivity index (χ0v) is 17.2. The summed E-state index contributed by atoms with van der Waals surface area (Å²) in [6.45, 7) is 2.49. The lowest BCUT2D eigenvalue weighted by Crippen LogP contribution is -2.73. The van der Waals surface area contributed by atoms with E-state index < -0.39 is 23.5 Å². The zero-order valence-electron chi connectivity index (χ0n) is 17.2. The number of rotatable bonds is 2. The van der Waals surface area contributed by atoms with Crippen LogP contribution in [0.25, 0.3) is 0 Å². The molecule has 4 fully saturated rings. The standard InChI is InChI=1S/C21H22F3N5O3/c22-21(23,24)16-4-14(6-25)15(7-26-16)3-13-1-2-19(5-13)8-28(9-19)18(31)29-10-20(11-29)12-32-17(30)27-20/h4,7,13H,1-3,5,8-12H2,(H,27,30)/t13-/m0/s1. The van der Waals surface area contributed by atoms with Crippen LogP contribution in [0, 0.1) is 22.7 Å². The van der Waals surface area contributed by atoms with Crippen LogP contribution in [0.4, 0.5) is 22.8 Å². The number of cyclic esters (lactones) is 1. The summed E-state index contributed by atoms with van der Waals surface area (Å²) in [5.41, 5.74) is -0.887. The predicted molar refractivity (Wildman–Crippen MR) is 103 cm³/mol. The van der Waals surface area contributed by atoms with Gasteiger partial charge >= 0.3 is 18.3 Å². The number of nitrogens with one attached hydrogen (secondary N) is 1. The first-order valence-corrected chi connectivity index (χ1v) is 10.6. The number of hydrogen-bond acceptors (Lipinski definition) is 5. The first-order chi connectivity index (χ1) is 15.1. The summed E-state index contributed by atoms with van der Waals surface area (Å²) in [7, 11) is 0. The Balaban J connectivity index is 1.14. The molecule has 1 aromatic rings. The third kappa shape index (κ3) is 3.51. The molecule has 8 nitrogen and oxygen atoms in total. The summed E-state index contributed by atoms with van der Waals surface area (Å²) in [4.78, 5) is 31.0. The smallest absolute Gasteiger partial charge is 0.433 e. The Morgan fingerprint density at radius 3 is 2.66 bits per heavy atom. The van der Waals surface area contributed by atoms with Gasteiger partial charge in [0.2, 0.25) is 0 Å². The van der Waals surface area contributed by atoms with Crippen molar-refractivity contribution in [3.63, 3.8) is 0 Å². The van der Waals surface area contributed by atoms with Crippen LogP contribution in [0.2, 0.25) is 0 Å². The molecule has 0 radical (unpaired) electrons.